The summed E-state index contributed by atoms with van der Waals surface area (Å²) in [5.74, 6) is -2.29. The number of rotatable bonds is 6. The number of nitrogens with zero attached hydrogens (tertiary/aromatic N) is 5. The summed E-state index contributed by atoms with van der Waals surface area (Å²) in [5, 5.41) is 11.1. The van der Waals surface area contributed by atoms with Crippen molar-refractivity contribution in [1.82, 2.24) is 24.7 Å². The van der Waals surface area contributed by atoms with Gasteiger partial charge >= 0.3 is 12.4 Å². The van der Waals surface area contributed by atoms with Crippen LogP contribution in [0.4, 0.5) is 32.3 Å². The van der Waals surface area contributed by atoms with Gasteiger partial charge in [0, 0.05) is 31.8 Å². The molecule has 204 valence electrons. The first kappa shape index (κ1) is 25.9. The summed E-state index contributed by atoms with van der Waals surface area (Å²) in [6.45, 7) is 0.666. The minimum Gasteiger partial charge on any atom is -0.469 e. The van der Waals surface area contributed by atoms with Crippen LogP contribution in [0, 0.1) is 0 Å². The molecule has 0 aromatic carbocycles. The molecule has 15 heteroatoms. The Balaban J connectivity index is 1.33. The largest absolute Gasteiger partial charge is 0.469 e. The molecule has 0 spiro atoms. The highest BCUT2D eigenvalue weighted by Gasteiger charge is 2.51. The Morgan fingerprint density at radius 3 is 2.46 bits per heavy atom. The van der Waals surface area contributed by atoms with E-state index in [-0.39, 0.29) is 43.4 Å². The van der Waals surface area contributed by atoms with Crippen molar-refractivity contribution in [2.75, 3.05) is 25.6 Å². The molecule has 5 rings (SSSR count). The highest BCUT2D eigenvalue weighted by Crippen LogP contribution is 2.44. The van der Waals surface area contributed by atoms with Gasteiger partial charge < -0.3 is 24.1 Å². The quantitative estimate of drug-likeness (QED) is 0.553. The van der Waals surface area contributed by atoms with Crippen LogP contribution in [0.2, 0.25) is 0 Å². The summed E-state index contributed by atoms with van der Waals surface area (Å²) >= 11 is 0. The Morgan fingerprint density at radius 1 is 1.05 bits per heavy atom. The fourth-order valence-electron chi connectivity index (χ4n) is 5.19. The number of fused-ring (bicyclic) bond motifs is 1. The molecule has 3 aliphatic rings. The first-order valence-electron chi connectivity index (χ1n) is 12.0. The number of hydrogen-bond acceptors (Lipinski definition) is 8. The van der Waals surface area contributed by atoms with Crippen molar-refractivity contribution >= 4 is 5.95 Å². The molecule has 0 bridgehead atoms. The van der Waals surface area contributed by atoms with E-state index >= 15 is 0 Å². The van der Waals surface area contributed by atoms with E-state index in [9.17, 15) is 26.3 Å². The van der Waals surface area contributed by atoms with Crippen molar-refractivity contribution < 1.29 is 40.6 Å². The van der Waals surface area contributed by atoms with Crippen molar-refractivity contribution in [3.05, 3.63) is 23.4 Å². The van der Waals surface area contributed by atoms with Crippen LogP contribution in [-0.4, -0.2) is 69.5 Å². The summed E-state index contributed by atoms with van der Waals surface area (Å²) in [5.41, 5.74) is -1.07. The molecule has 2 aliphatic heterocycles. The van der Waals surface area contributed by atoms with Gasteiger partial charge in [0.2, 0.25) is 11.8 Å². The number of halogens is 6. The first-order valence-corrected chi connectivity index (χ1v) is 12.0. The van der Waals surface area contributed by atoms with E-state index in [4.69, 9.17) is 14.2 Å². The molecule has 2 aromatic heterocycles. The lowest BCUT2D eigenvalue weighted by Gasteiger charge is -2.34. The predicted octanol–water partition coefficient (Wildman–Crippen LogP) is 4.07. The van der Waals surface area contributed by atoms with Gasteiger partial charge in [-0.2, -0.15) is 31.3 Å². The average molecular weight is 536 g/mol. The maximum atomic E-state index is 13.8. The number of methoxy groups -OCH3 is 1. The molecule has 4 heterocycles. The minimum atomic E-state index is -4.68. The van der Waals surface area contributed by atoms with Gasteiger partial charge in [0.1, 0.15) is 29.2 Å². The third-order valence-electron chi connectivity index (χ3n) is 7.07. The molecule has 9 nitrogen and oxygen atoms in total. The second kappa shape index (κ2) is 9.89. The highest BCUT2D eigenvalue weighted by atomic mass is 19.4. The molecule has 1 saturated carbocycles. The fraction of sp³-hybridized carbons (Fsp3) is 0.727. The van der Waals surface area contributed by atoms with Crippen molar-refractivity contribution in [2.45, 2.75) is 81.1 Å². The van der Waals surface area contributed by atoms with Gasteiger partial charge in [-0.3, -0.25) is 0 Å². The van der Waals surface area contributed by atoms with Crippen LogP contribution in [-0.2, 0) is 22.2 Å². The lowest BCUT2D eigenvalue weighted by molar-refractivity contribution is -0.183. The first-order chi connectivity index (χ1) is 17.5. The van der Waals surface area contributed by atoms with Gasteiger partial charge in [-0.15, -0.1) is 10.2 Å². The number of nitrogens with one attached hydrogen (secondary N) is 1. The smallest absolute Gasteiger partial charge is 0.423 e. The van der Waals surface area contributed by atoms with Crippen molar-refractivity contribution in [3.63, 3.8) is 0 Å². The zero-order chi connectivity index (χ0) is 26.4. The Bertz CT molecular complexity index is 1110. The Kier molecular flexibility index (Phi) is 6.94. The average Bonchev–Trinajstić information content (AvgIpc) is 3.23. The Labute approximate surface area is 207 Å². The third kappa shape index (κ3) is 5.33. The molecule has 4 atom stereocenters. The second-order valence-electron chi connectivity index (χ2n) is 9.54. The van der Waals surface area contributed by atoms with Gasteiger partial charge in [0.25, 0.3) is 0 Å². The molecule has 2 aromatic rings. The highest BCUT2D eigenvalue weighted by molar-refractivity contribution is 5.36. The van der Waals surface area contributed by atoms with E-state index in [0.717, 1.165) is 6.42 Å². The maximum Gasteiger partial charge on any atom is 0.423 e. The van der Waals surface area contributed by atoms with Crippen LogP contribution in [0.5, 0.6) is 5.88 Å². The van der Waals surface area contributed by atoms with Crippen molar-refractivity contribution in [3.8, 4) is 5.88 Å². The fourth-order valence-corrected chi connectivity index (χ4v) is 5.19. The Morgan fingerprint density at radius 2 is 1.81 bits per heavy atom. The van der Waals surface area contributed by atoms with Crippen LogP contribution in [0.1, 0.15) is 61.2 Å². The molecular weight excluding hydrogens is 510 g/mol. The van der Waals surface area contributed by atoms with E-state index < -0.39 is 41.9 Å². The lowest BCUT2D eigenvalue weighted by atomic mass is 9.84. The van der Waals surface area contributed by atoms with Crippen molar-refractivity contribution in [1.29, 1.82) is 0 Å². The zero-order valence-electron chi connectivity index (χ0n) is 19.8. The normalized spacial score (nSPS) is 26.9. The standard InChI is InChI=1S/C22H26F6N6O3/c1-35-15-5-6-34-17(32-33-18(34)16(15)22(26,27)28)11-3-2-4-12(7-11)30-20-29-8-14(21(23,24)25)19(31-20)37-13-9-36-10-13/h8,11-13,15-16H,2-7,9-10H2,1H3,(H,29,30,31)/t11-,12+,15?,16?/m0/s1. The molecule has 0 radical (unpaired) electrons. The van der Waals surface area contributed by atoms with Crippen LogP contribution in [0.25, 0.3) is 0 Å². The van der Waals surface area contributed by atoms with Gasteiger partial charge in [-0.05, 0) is 25.7 Å². The summed E-state index contributed by atoms with van der Waals surface area (Å²) in [6.07, 6.45) is -7.27. The van der Waals surface area contributed by atoms with E-state index in [2.05, 4.69) is 25.5 Å². The van der Waals surface area contributed by atoms with Gasteiger partial charge in [-0.25, -0.2) is 4.98 Å². The molecule has 1 N–H and O–H groups in total. The van der Waals surface area contributed by atoms with Crippen LogP contribution in [0.15, 0.2) is 6.20 Å². The molecule has 2 unspecified atom stereocenters. The monoisotopic (exact) mass is 536 g/mol. The maximum absolute atomic E-state index is 13.8. The van der Waals surface area contributed by atoms with Gasteiger partial charge in [-0.1, -0.05) is 6.42 Å². The number of ether oxygens (including phenoxy) is 3. The topological polar surface area (TPSA) is 96.2 Å². The van der Waals surface area contributed by atoms with Gasteiger partial charge in [0.05, 0.1) is 19.3 Å². The molecule has 37 heavy (non-hydrogen) atoms. The number of alkyl halides is 6. The predicted molar refractivity (Wildman–Crippen MR) is 115 cm³/mol. The molecule has 1 saturated heterocycles. The number of hydrogen-bond donors (Lipinski definition) is 1. The summed E-state index contributed by atoms with van der Waals surface area (Å²) < 4.78 is 98.5. The number of aromatic nitrogens is 5. The Hall–Kier alpha value is -2.68. The number of anilines is 1. The van der Waals surface area contributed by atoms with Gasteiger partial charge in [0.15, 0.2) is 0 Å². The summed E-state index contributed by atoms with van der Waals surface area (Å²) in [6, 6.07) is -0.225. The SMILES string of the molecule is COC1CCn2c(nnc2[C@H]2CCC[C@@H](Nc3ncc(C(F)(F)F)c(OC4COC4)n3)C2)C1C(F)(F)F. The van der Waals surface area contributed by atoms with Crippen LogP contribution < -0.4 is 10.1 Å². The lowest BCUT2D eigenvalue weighted by Crippen LogP contribution is -2.40. The minimum absolute atomic E-state index is 0.0164. The van der Waals surface area contributed by atoms with Crippen LogP contribution in [0.3, 0.4) is 0 Å². The van der Waals surface area contributed by atoms with E-state index in [1.54, 1.807) is 4.57 Å². The summed E-state index contributed by atoms with van der Waals surface area (Å²) in [7, 11) is 1.26. The summed E-state index contributed by atoms with van der Waals surface area (Å²) in [4.78, 5) is 7.81. The third-order valence-corrected chi connectivity index (χ3v) is 7.07. The van der Waals surface area contributed by atoms with Crippen LogP contribution >= 0.6 is 0 Å². The van der Waals surface area contributed by atoms with E-state index in [1.807, 2.05) is 0 Å². The van der Waals surface area contributed by atoms with Crippen molar-refractivity contribution in [2.24, 2.45) is 0 Å². The molecule has 2 fully saturated rings. The molecular formula is C22H26F6N6O3. The van der Waals surface area contributed by atoms with E-state index in [0.29, 0.717) is 37.8 Å². The second-order valence-corrected chi connectivity index (χ2v) is 9.54. The molecule has 0 amide bonds. The zero-order valence-corrected chi connectivity index (χ0v) is 19.8. The van der Waals surface area contributed by atoms with E-state index in [1.165, 1.54) is 7.11 Å². The molecule has 1 aliphatic carbocycles.